The Balaban J connectivity index is 4.36. The van der Waals surface area contributed by atoms with Crippen molar-refractivity contribution in [1.29, 1.82) is 0 Å². The maximum atomic E-state index is 11.6. The van der Waals surface area contributed by atoms with Gasteiger partial charge in [0.25, 0.3) is 0 Å². The first kappa shape index (κ1) is 18.3. The minimum atomic E-state index is -1.08. The molecule has 0 fully saturated rings. The van der Waals surface area contributed by atoms with Gasteiger partial charge in [0.05, 0.1) is 25.2 Å². The maximum absolute atomic E-state index is 11.6. The average Bonchev–Trinajstić information content (AvgIpc) is 2.35. The molecule has 8 heteroatoms. The molecule has 0 radical (unpaired) electrons. The van der Waals surface area contributed by atoms with Gasteiger partial charge in [-0.3, -0.25) is 9.59 Å². The number of ether oxygens (including phenoxy) is 1. The minimum absolute atomic E-state index is 0.0348. The summed E-state index contributed by atoms with van der Waals surface area (Å²) in [5, 5.41) is 8.48. The quantitative estimate of drug-likeness (QED) is 0.407. The smallest absolute Gasteiger partial charge is 0.355 e. The standard InChI is InChI=1S/C12H17NO6S/c1-2-19-12(18)8(6-20-7-10(13)15)5-9(14)3-4-11(16)17/h5,8H,2-4,6-7H2,1H3,(H2-,13,15,16,17)/p+1. The van der Waals surface area contributed by atoms with Gasteiger partial charge in [-0.2, -0.15) is 0 Å². The minimum Gasteiger partial charge on any atom is -0.481 e. The fourth-order valence-electron chi connectivity index (χ4n) is 1.26. The maximum Gasteiger partial charge on any atom is 0.355 e. The number of carbonyl (C=O) groups is 4. The molecule has 0 aliphatic carbocycles. The summed E-state index contributed by atoms with van der Waals surface area (Å²) in [6.45, 7) is 1.81. The molecular formula is C12H18NO6S+. The van der Waals surface area contributed by atoms with Crippen LogP contribution in [0.15, 0.2) is 0 Å². The van der Waals surface area contributed by atoms with Crippen molar-refractivity contribution >= 4 is 35.4 Å². The molecule has 3 N–H and O–H groups in total. The molecule has 0 saturated carbocycles. The van der Waals surface area contributed by atoms with Gasteiger partial charge < -0.3 is 15.6 Å². The van der Waals surface area contributed by atoms with Crippen LogP contribution >= 0.6 is 11.8 Å². The molecule has 1 unspecified atom stereocenters. The molecule has 1 amide bonds. The monoisotopic (exact) mass is 304 g/mol. The molecule has 0 aromatic carbocycles. The van der Waals surface area contributed by atoms with Gasteiger partial charge in [0.2, 0.25) is 11.8 Å². The normalized spacial score (nSPS) is 11.4. The number of amides is 1. The molecule has 0 aliphatic rings. The Labute approximate surface area is 121 Å². The number of hydrogen-bond donors (Lipinski definition) is 2. The van der Waals surface area contributed by atoms with Gasteiger partial charge >= 0.3 is 17.7 Å². The number of esters is 1. The lowest BCUT2D eigenvalue weighted by Crippen LogP contribution is -2.25. The highest BCUT2D eigenvalue weighted by Gasteiger charge is 2.32. The van der Waals surface area contributed by atoms with Gasteiger partial charge in [-0.15, -0.1) is 11.8 Å². The van der Waals surface area contributed by atoms with Crippen LogP contribution in [0, 0.1) is 12.3 Å². The van der Waals surface area contributed by atoms with E-state index in [9.17, 15) is 19.2 Å². The molecule has 0 heterocycles. The molecule has 7 nitrogen and oxygen atoms in total. The van der Waals surface area contributed by atoms with E-state index < -0.39 is 29.5 Å². The Kier molecular flexibility index (Phi) is 9.27. The van der Waals surface area contributed by atoms with Crippen LogP contribution in [-0.2, 0) is 23.9 Å². The number of thioether (sulfide) groups is 1. The van der Waals surface area contributed by atoms with Crippen LogP contribution in [0.3, 0.4) is 0 Å². The molecule has 112 valence electrons. The highest BCUT2D eigenvalue weighted by molar-refractivity contribution is 7.99. The van der Waals surface area contributed by atoms with E-state index in [1.54, 1.807) is 6.92 Å². The summed E-state index contributed by atoms with van der Waals surface area (Å²) in [6, 6.07) is 0. The second-order valence-corrected chi connectivity index (χ2v) is 4.90. The predicted octanol–water partition coefficient (Wildman–Crippen LogP) is 0.0224. The van der Waals surface area contributed by atoms with E-state index in [0.717, 1.165) is 18.2 Å². The number of hydrogen-bond acceptors (Lipinski definition) is 6. The molecule has 0 aromatic heterocycles. The summed E-state index contributed by atoms with van der Waals surface area (Å²) >= 11 is 1.11. The molecule has 1 atom stereocenters. The van der Waals surface area contributed by atoms with E-state index >= 15 is 0 Å². The van der Waals surface area contributed by atoms with Crippen LogP contribution in [0.1, 0.15) is 19.8 Å². The van der Waals surface area contributed by atoms with E-state index in [2.05, 4.69) is 0 Å². The Morgan fingerprint density at radius 3 is 2.45 bits per heavy atom. The molecule has 0 saturated heterocycles. The molecule has 0 aromatic rings. The Hall–Kier alpha value is -1.70. The van der Waals surface area contributed by atoms with E-state index in [0.29, 0.717) is 0 Å². The first-order valence-electron chi connectivity index (χ1n) is 5.99. The number of nitrogens with two attached hydrogens (primary N) is 1. The van der Waals surface area contributed by atoms with Gasteiger partial charge in [-0.25, -0.2) is 9.59 Å². The molecule has 0 spiro atoms. The third-order valence-electron chi connectivity index (χ3n) is 2.10. The third-order valence-corrected chi connectivity index (χ3v) is 3.19. The SMILES string of the molecule is CCOC(=O)C([CH+]C(=O)CCC(=O)O)CSCC(N)=O. The van der Waals surface area contributed by atoms with Crippen LogP contribution in [-0.4, -0.2) is 46.8 Å². The van der Waals surface area contributed by atoms with Gasteiger partial charge in [0.1, 0.15) is 0 Å². The summed E-state index contributed by atoms with van der Waals surface area (Å²) in [6.07, 6.45) is 0.681. The lowest BCUT2D eigenvalue weighted by molar-refractivity contribution is -0.146. The van der Waals surface area contributed by atoms with Crippen molar-refractivity contribution in [3.8, 4) is 0 Å². The molecule has 0 aliphatic heterocycles. The number of ketones is 1. The van der Waals surface area contributed by atoms with Crippen LogP contribution in [0.2, 0.25) is 0 Å². The third kappa shape index (κ3) is 9.26. The molecule has 0 rings (SSSR count). The van der Waals surface area contributed by atoms with E-state index in [-0.39, 0.29) is 31.0 Å². The van der Waals surface area contributed by atoms with E-state index in [1.807, 2.05) is 0 Å². The summed E-state index contributed by atoms with van der Waals surface area (Å²) in [5.41, 5.74) is 4.98. The van der Waals surface area contributed by atoms with Gasteiger partial charge in [-0.1, -0.05) is 0 Å². The summed E-state index contributed by atoms with van der Waals surface area (Å²) in [7, 11) is 0. The van der Waals surface area contributed by atoms with Crippen molar-refractivity contribution < 1.29 is 29.0 Å². The first-order valence-corrected chi connectivity index (χ1v) is 7.14. The zero-order valence-electron chi connectivity index (χ0n) is 11.2. The van der Waals surface area contributed by atoms with Gasteiger partial charge in [0, 0.05) is 5.75 Å². The first-order chi connectivity index (χ1) is 9.36. The number of rotatable bonds is 11. The van der Waals surface area contributed by atoms with Crippen molar-refractivity contribution in [3.63, 3.8) is 0 Å². The second kappa shape index (κ2) is 10.1. The predicted molar refractivity (Wildman–Crippen MR) is 72.8 cm³/mol. The zero-order chi connectivity index (χ0) is 15.5. The number of carboxylic acids is 1. The van der Waals surface area contributed by atoms with E-state index in [4.69, 9.17) is 15.6 Å². The highest BCUT2D eigenvalue weighted by Crippen LogP contribution is 2.15. The fourth-order valence-corrected chi connectivity index (χ4v) is 2.06. The Bertz CT molecular complexity index is 371. The van der Waals surface area contributed by atoms with Crippen molar-refractivity contribution in [1.82, 2.24) is 0 Å². The number of aliphatic carboxylic acids is 1. The number of Topliss-reactive ketones (excluding diaryl/α,β-unsaturated/α-hetero) is 1. The topological polar surface area (TPSA) is 124 Å². The fraction of sp³-hybridized carbons (Fsp3) is 0.583. The Morgan fingerprint density at radius 2 is 1.95 bits per heavy atom. The second-order valence-electron chi connectivity index (χ2n) is 3.87. The Morgan fingerprint density at radius 1 is 1.30 bits per heavy atom. The van der Waals surface area contributed by atoms with Gasteiger partial charge in [-0.05, 0) is 6.92 Å². The molecular weight excluding hydrogens is 286 g/mol. The zero-order valence-corrected chi connectivity index (χ0v) is 12.0. The lowest BCUT2D eigenvalue weighted by atomic mass is 10.0. The van der Waals surface area contributed by atoms with Crippen LogP contribution in [0.4, 0.5) is 0 Å². The average molecular weight is 304 g/mol. The molecule has 0 bridgehead atoms. The van der Waals surface area contributed by atoms with Crippen LogP contribution in [0.5, 0.6) is 0 Å². The van der Waals surface area contributed by atoms with Crippen molar-refractivity contribution in [3.05, 3.63) is 6.42 Å². The lowest BCUT2D eigenvalue weighted by Gasteiger charge is -2.07. The summed E-state index contributed by atoms with van der Waals surface area (Å²) in [5.74, 6) is -3.20. The van der Waals surface area contributed by atoms with Crippen molar-refractivity contribution in [2.75, 3.05) is 18.1 Å². The van der Waals surface area contributed by atoms with Crippen LogP contribution in [0.25, 0.3) is 0 Å². The highest BCUT2D eigenvalue weighted by atomic mass is 32.2. The van der Waals surface area contributed by atoms with Crippen molar-refractivity contribution in [2.24, 2.45) is 11.7 Å². The number of carbonyl (C=O) groups excluding carboxylic acids is 3. The largest absolute Gasteiger partial charge is 0.481 e. The van der Waals surface area contributed by atoms with E-state index in [1.165, 1.54) is 0 Å². The molecule has 20 heavy (non-hydrogen) atoms. The number of primary amides is 1. The van der Waals surface area contributed by atoms with Crippen LogP contribution < -0.4 is 5.73 Å². The summed E-state index contributed by atoms with van der Waals surface area (Å²) in [4.78, 5) is 44.2. The number of carboxylic acid groups (broad SMARTS) is 1. The van der Waals surface area contributed by atoms with Crippen molar-refractivity contribution in [2.45, 2.75) is 19.8 Å². The van der Waals surface area contributed by atoms with Gasteiger partial charge in [0.15, 0.2) is 6.42 Å². The summed E-state index contributed by atoms with van der Waals surface area (Å²) < 4.78 is 4.82.